The Balaban J connectivity index is 1.68. The Morgan fingerprint density at radius 1 is 1.12 bits per heavy atom. The van der Waals surface area contributed by atoms with Crippen LogP contribution in [-0.4, -0.2) is 56.7 Å². The predicted molar refractivity (Wildman–Crippen MR) is 137 cm³/mol. The maximum absolute atomic E-state index is 13.7. The van der Waals surface area contributed by atoms with Gasteiger partial charge in [0.05, 0.1) is 41.1 Å². The van der Waals surface area contributed by atoms with Crippen LogP contribution in [0.4, 0.5) is 29.3 Å². The highest BCUT2D eigenvalue weighted by Gasteiger charge is 2.39. The molecular formula is C26H27F3N4O6S. The average Bonchev–Trinajstić information content (AvgIpc) is 2.81. The van der Waals surface area contributed by atoms with Crippen molar-refractivity contribution >= 4 is 33.4 Å². The number of nitrogens with one attached hydrogen (secondary N) is 1. The first-order chi connectivity index (χ1) is 18.6. The van der Waals surface area contributed by atoms with Crippen LogP contribution in [0.25, 0.3) is 0 Å². The quantitative estimate of drug-likeness (QED) is 0.556. The lowest BCUT2D eigenvalue weighted by molar-refractivity contribution is -0.138. The van der Waals surface area contributed by atoms with E-state index < -0.39 is 44.5 Å². The summed E-state index contributed by atoms with van der Waals surface area (Å²) >= 11 is 0. The molecular weight excluding hydrogens is 553 g/mol. The molecule has 2 amide bonds. The Bertz CT molecular complexity index is 1460. The number of carbonyl (C=O) groups is 2. The van der Waals surface area contributed by atoms with Crippen molar-refractivity contribution in [1.29, 1.82) is 5.26 Å². The van der Waals surface area contributed by atoms with Gasteiger partial charge in [0.1, 0.15) is 17.5 Å². The van der Waals surface area contributed by atoms with Gasteiger partial charge in [0.15, 0.2) is 0 Å². The Morgan fingerprint density at radius 3 is 2.45 bits per heavy atom. The van der Waals surface area contributed by atoms with E-state index >= 15 is 0 Å². The molecule has 1 N–H and O–H groups in total. The monoisotopic (exact) mass is 580 g/mol. The van der Waals surface area contributed by atoms with E-state index in [-0.39, 0.29) is 55.0 Å². The van der Waals surface area contributed by atoms with Gasteiger partial charge in [0.2, 0.25) is 5.91 Å². The molecule has 40 heavy (non-hydrogen) atoms. The van der Waals surface area contributed by atoms with Gasteiger partial charge in [-0.15, -0.1) is 0 Å². The van der Waals surface area contributed by atoms with Crippen LogP contribution in [0.15, 0.2) is 47.4 Å². The molecule has 2 aromatic carbocycles. The van der Waals surface area contributed by atoms with Gasteiger partial charge in [0, 0.05) is 18.8 Å². The van der Waals surface area contributed by atoms with E-state index in [4.69, 9.17) is 14.7 Å². The SMILES string of the molecule is CC(C)(C)OC(=O)Nc1ccc2c(c1)N(S(=O)(=O)c1cccc(C(F)(F)F)c1)CC(CC(=O)N1CC(C#N)C1)O2. The molecule has 0 aliphatic carbocycles. The molecule has 4 rings (SSSR count). The number of nitriles is 1. The number of benzene rings is 2. The summed E-state index contributed by atoms with van der Waals surface area (Å²) in [5.41, 5.74) is -1.83. The molecule has 2 aliphatic rings. The van der Waals surface area contributed by atoms with Gasteiger partial charge in [-0.3, -0.25) is 14.4 Å². The third-order valence-electron chi connectivity index (χ3n) is 6.10. The second-order valence-electron chi connectivity index (χ2n) is 10.4. The maximum Gasteiger partial charge on any atom is 0.416 e. The topological polar surface area (TPSA) is 129 Å². The summed E-state index contributed by atoms with van der Waals surface area (Å²) in [6.45, 7) is 5.12. The summed E-state index contributed by atoms with van der Waals surface area (Å²) in [4.78, 5) is 25.8. The third-order valence-corrected chi connectivity index (χ3v) is 7.88. The summed E-state index contributed by atoms with van der Waals surface area (Å²) in [7, 11) is -4.58. The molecule has 2 aromatic rings. The largest absolute Gasteiger partial charge is 0.486 e. The maximum atomic E-state index is 13.7. The molecule has 14 heteroatoms. The van der Waals surface area contributed by atoms with Crippen molar-refractivity contribution in [3.8, 4) is 11.8 Å². The minimum absolute atomic E-state index is 0.0387. The van der Waals surface area contributed by atoms with Crippen molar-refractivity contribution in [2.24, 2.45) is 5.92 Å². The number of nitrogens with zero attached hydrogens (tertiary/aromatic N) is 3. The minimum Gasteiger partial charge on any atom is -0.486 e. The van der Waals surface area contributed by atoms with E-state index in [1.54, 1.807) is 20.8 Å². The van der Waals surface area contributed by atoms with Gasteiger partial charge >= 0.3 is 12.3 Å². The van der Waals surface area contributed by atoms with Crippen molar-refractivity contribution < 1.29 is 40.7 Å². The summed E-state index contributed by atoms with van der Waals surface area (Å²) in [6, 6.07) is 9.53. The highest BCUT2D eigenvalue weighted by Crippen LogP contribution is 2.40. The zero-order valence-corrected chi connectivity index (χ0v) is 22.7. The highest BCUT2D eigenvalue weighted by molar-refractivity contribution is 7.92. The third kappa shape index (κ3) is 6.41. The summed E-state index contributed by atoms with van der Waals surface area (Å²) in [5, 5.41) is 11.5. The molecule has 1 fully saturated rings. The van der Waals surface area contributed by atoms with Gasteiger partial charge in [-0.1, -0.05) is 6.07 Å². The first-order valence-electron chi connectivity index (χ1n) is 12.2. The van der Waals surface area contributed by atoms with Crippen molar-refractivity contribution in [2.75, 3.05) is 29.3 Å². The first kappa shape index (κ1) is 29.0. The standard InChI is InChI=1S/C26H27F3N4O6S/c1-25(2,3)39-24(35)31-18-7-8-22-21(10-18)33(15-19(38-22)11-23(34)32-13-16(12-30)14-32)40(36,37)20-6-4-5-17(9-20)26(27,28)29/h4-10,16,19H,11,13-15H2,1-3H3,(H,31,35). The van der Waals surface area contributed by atoms with Gasteiger partial charge in [0.25, 0.3) is 10.0 Å². The Morgan fingerprint density at radius 2 is 1.82 bits per heavy atom. The van der Waals surface area contributed by atoms with Crippen LogP contribution in [0, 0.1) is 17.2 Å². The second-order valence-corrected chi connectivity index (χ2v) is 12.3. The van der Waals surface area contributed by atoms with E-state index in [9.17, 15) is 31.2 Å². The number of fused-ring (bicyclic) bond motifs is 1. The number of halogens is 3. The lowest BCUT2D eigenvalue weighted by atomic mass is 10.0. The van der Waals surface area contributed by atoms with Gasteiger partial charge in [-0.05, 0) is 57.2 Å². The molecule has 2 heterocycles. The number of rotatable bonds is 5. The van der Waals surface area contributed by atoms with Crippen LogP contribution in [0.3, 0.4) is 0 Å². The molecule has 0 spiro atoms. The number of carbonyl (C=O) groups excluding carboxylic acids is 2. The fraction of sp³-hybridized carbons (Fsp3) is 0.423. The van der Waals surface area contributed by atoms with Gasteiger partial charge < -0.3 is 14.4 Å². The molecule has 1 saturated heterocycles. The molecule has 10 nitrogen and oxygen atoms in total. The molecule has 1 atom stereocenters. The van der Waals surface area contributed by atoms with Crippen LogP contribution >= 0.6 is 0 Å². The fourth-order valence-corrected chi connectivity index (χ4v) is 5.74. The van der Waals surface area contributed by atoms with E-state index in [0.29, 0.717) is 6.07 Å². The van der Waals surface area contributed by atoms with Crippen molar-refractivity contribution in [1.82, 2.24) is 4.90 Å². The second kappa shape index (κ2) is 10.5. The van der Waals surface area contributed by atoms with E-state index in [0.717, 1.165) is 22.5 Å². The van der Waals surface area contributed by atoms with Crippen LogP contribution in [-0.2, 0) is 25.7 Å². The van der Waals surface area contributed by atoms with E-state index in [1.165, 1.54) is 23.1 Å². The summed E-state index contributed by atoms with van der Waals surface area (Å²) < 4.78 is 79.5. The smallest absolute Gasteiger partial charge is 0.416 e. The number of sulfonamides is 1. The number of likely N-dealkylation sites (tertiary alicyclic amines) is 1. The Hall–Kier alpha value is -3.99. The Kier molecular flexibility index (Phi) is 7.64. The van der Waals surface area contributed by atoms with Crippen molar-refractivity contribution in [3.05, 3.63) is 48.0 Å². The van der Waals surface area contributed by atoms with Crippen LogP contribution in [0.2, 0.25) is 0 Å². The highest BCUT2D eigenvalue weighted by atomic mass is 32.2. The summed E-state index contributed by atoms with van der Waals surface area (Å²) in [6.07, 6.45) is -6.76. The van der Waals surface area contributed by atoms with Crippen molar-refractivity contribution in [3.63, 3.8) is 0 Å². The van der Waals surface area contributed by atoms with Crippen molar-refractivity contribution in [2.45, 2.75) is 50.0 Å². The van der Waals surface area contributed by atoms with E-state index in [2.05, 4.69) is 11.4 Å². The van der Waals surface area contributed by atoms with Crippen LogP contribution < -0.4 is 14.4 Å². The average molecular weight is 581 g/mol. The minimum atomic E-state index is -4.77. The van der Waals surface area contributed by atoms with Crippen LogP contribution in [0.1, 0.15) is 32.8 Å². The fourth-order valence-electron chi connectivity index (χ4n) is 4.19. The number of anilines is 2. The number of alkyl halides is 3. The first-order valence-corrected chi connectivity index (χ1v) is 13.7. The lowest BCUT2D eigenvalue weighted by Crippen LogP contribution is -2.52. The summed E-state index contributed by atoms with van der Waals surface area (Å²) in [5.74, 6) is -0.571. The number of ether oxygens (including phenoxy) is 2. The normalized spacial score (nSPS) is 17.7. The molecule has 1 unspecified atom stereocenters. The zero-order valence-electron chi connectivity index (χ0n) is 21.9. The molecule has 0 bridgehead atoms. The molecule has 214 valence electrons. The predicted octanol–water partition coefficient (Wildman–Crippen LogP) is 4.38. The number of hydrogen-bond donors (Lipinski definition) is 1. The Labute approximate surface area is 229 Å². The molecule has 0 saturated carbocycles. The van der Waals surface area contributed by atoms with Gasteiger partial charge in [-0.2, -0.15) is 18.4 Å². The number of hydrogen-bond acceptors (Lipinski definition) is 7. The van der Waals surface area contributed by atoms with E-state index in [1.807, 2.05) is 0 Å². The van der Waals surface area contributed by atoms with Crippen LogP contribution in [0.5, 0.6) is 5.75 Å². The molecule has 2 aliphatic heterocycles. The molecule has 0 aromatic heterocycles. The van der Waals surface area contributed by atoms with Gasteiger partial charge in [-0.25, -0.2) is 13.2 Å². The molecule has 0 radical (unpaired) electrons. The zero-order chi connectivity index (χ0) is 29.5. The number of amides is 2. The lowest BCUT2D eigenvalue weighted by Gasteiger charge is -2.39.